The van der Waals surface area contributed by atoms with Crippen LogP contribution in [-0.2, 0) is 22.5 Å². The average Bonchev–Trinajstić information content (AvgIpc) is 2.75. The summed E-state index contributed by atoms with van der Waals surface area (Å²) in [7, 11) is 0. The molecule has 0 unspecified atom stereocenters. The van der Waals surface area contributed by atoms with E-state index in [2.05, 4.69) is 38.7 Å². The third-order valence-corrected chi connectivity index (χ3v) is 5.25. The Morgan fingerprint density at radius 3 is 2.71 bits per heavy atom. The van der Waals surface area contributed by atoms with Gasteiger partial charge in [0.2, 0.25) is 5.91 Å². The molecule has 154 valence electrons. The molecular formula is C21H33N5O2. The summed E-state index contributed by atoms with van der Waals surface area (Å²) < 4.78 is 5.38. The van der Waals surface area contributed by atoms with Gasteiger partial charge in [-0.25, -0.2) is 4.99 Å². The molecule has 7 heteroatoms. The highest BCUT2D eigenvalue weighted by molar-refractivity contribution is 5.85. The Kier molecular flexibility index (Phi) is 8.11. The van der Waals surface area contributed by atoms with E-state index in [0.717, 1.165) is 71.3 Å². The molecular weight excluding hydrogens is 354 g/mol. The van der Waals surface area contributed by atoms with E-state index in [9.17, 15) is 4.79 Å². The lowest BCUT2D eigenvalue weighted by molar-refractivity contribution is -0.130. The lowest BCUT2D eigenvalue weighted by Crippen LogP contribution is -2.42. The van der Waals surface area contributed by atoms with E-state index in [1.54, 1.807) is 0 Å². The van der Waals surface area contributed by atoms with Crippen LogP contribution in [0.5, 0.6) is 0 Å². The first-order valence-corrected chi connectivity index (χ1v) is 10.4. The standard InChI is InChI=1S/C21H33N5O2/c1-2-22-21(23-9-5-10-25-12-14-28-15-13-25)24-16-20(27)26-11-8-18-6-3-4-7-19(18)17-26/h3-4,6-7H,2,5,8-17H2,1H3,(H2,22,23,24). The van der Waals surface area contributed by atoms with Crippen molar-refractivity contribution in [3.8, 4) is 0 Å². The van der Waals surface area contributed by atoms with Crippen molar-refractivity contribution in [2.75, 3.05) is 59.0 Å². The lowest BCUT2D eigenvalue weighted by Gasteiger charge is -2.28. The van der Waals surface area contributed by atoms with Gasteiger partial charge in [0.25, 0.3) is 0 Å². The highest BCUT2D eigenvalue weighted by Gasteiger charge is 2.20. The van der Waals surface area contributed by atoms with E-state index in [1.807, 2.05) is 17.9 Å². The molecule has 2 heterocycles. The summed E-state index contributed by atoms with van der Waals surface area (Å²) in [5.41, 5.74) is 2.60. The number of carbonyl (C=O) groups is 1. The van der Waals surface area contributed by atoms with Crippen LogP contribution in [0.25, 0.3) is 0 Å². The molecule has 0 aromatic heterocycles. The third-order valence-electron chi connectivity index (χ3n) is 5.25. The van der Waals surface area contributed by atoms with Crippen molar-refractivity contribution in [2.24, 2.45) is 4.99 Å². The number of benzene rings is 1. The van der Waals surface area contributed by atoms with Crippen molar-refractivity contribution in [2.45, 2.75) is 26.3 Å². The number of morpholine rings is 1. The summed E-state index contributed by atoms with van der Waals surface area (Å²) in [6, 6.07) is 8.36. The van der Waals surface area contributed by atoms with Crippen molar-refractivity contribution in [1.29, 1.82) is 0 Å². The highest BCUT2D eigenvalue weighted by atomic mass is 16.5. The summed E-state index contributed by atoms with van der Waals surface area (Å²) in [5.74, 6) is 0.801. The molecule has 0 bridgehead atoms. The minimum Gasteiger partial charge on any atom is -0.379 e. The molecule has 1 aromatic carbocycles. The summed E-state index contributed by atoms with van der Waals surface area (Å²) in [4.78, 5) is 21.4. The summed E-state index contributed by atoms with van der Waals surface area (Å²) in [6.07, 6.45) is 1.97. The fraction of sp³-hybridized carbons (Fsp3) is 0.619. The number of nitrogens with one attached hydrogen (secondary N) is 2. The summed E-state index contributed by atoms with van der Waals surface area (Å²) >= 11 is 0. The Morgan fingerprint density at radius 1 is 1.14 bits per heavy atom. The van der Waals surface area contributed by atoms with Crippen LogP contribution in [0.4, 0.5) is 0 Å². The molecule has 3 rings (SSSR count). The van der Waals surface area contributed by atoms with Gasteiger partial charge >= 0.3 is 0 Å². The van der Waals surface area contributed by atoms with Crippen LogP contribution in [0.2, 0.25) is 0 Å². The first-order valence-electron chi connectivity index (χ1n) is 10.4. The predicted octanol–water partition coefficient (Wildman–Crippen LogP) is 0.849. The molecule has 28 heavy (non-hydrogen) atoms. The second-order valence-electron chi connectivity index (χ2n) is 7.26. The van der Waals surface area contributed by atoms with Crippen LogP contribution < -0.4 is 10.6 Å². The normalized spacial score (nSPS) is 17.9. The molecule has 2 aliphatic rings. The number of aliphatic imine (C=N–C) groups is 1. The zero-order valence-corrected chi connectivity index (χ0v) is 17.0. The quantitative estimate of drug-likeness (QED) is 0.412. The maximum atomic E-state index is 12.6. The molecule has 0 aliphatic carbocycles. The third kappa shape index (κ3) is 6.21. The SMILES string of the molecule is CCNC(=NCC(=O)N1CCc2ccccc2C1)NCCCN1CCOCC1. The zero-order chi connectivity index (χ0) is 19.6. The Balaban J connectivity index is 1.42. The second-order valence-corrected chi connectivity index (χ2v) is 7.26. The zero-order valence-electron chi connectivity index (χ0n) is 17.0. The second kappa shape index (κ2) is 11.0. The smallest absolute Gasteiger partial charge is 0.244 e. The molecule has 0 radical (unpaired) electrons. The minimum absolute atomic E-state index is 0.0834. The van der Waals surface area contributed by atoms with Crippen molar-refractivity contribution in [1.82, 2.24) is 20.4 Å². The number of rotatable bonds is 7. The number of ether oxygens (including phenoxy) is 1. The van der Waals surface area contributed by atoms with Gasteiger partial charge < -0.3 is 20.3 Å². The number of hydrogen-bond acceptors (Lipinski definition) is 4. The molecule has 0 atom stereocenters. The van der Waals surface area contributed by atoms with E-state index in [0.29, 0.717) is 6.54 Å². The van der Waals surface area contributed by atoms with Crippen LogP contribution >= 0.6 is 0 Å². The minimum atomic E-state index is 0.0834. The van der Waals surface area contributed by atoms with Gasteiger partial charge in [-0.2, -0.15) is 0 Å². The molecule has 1 aromatic rings. The van der Waals surface area contributed by atoms with Crippen LogP contribution in [0.3, 0.4) is 0 Å². The molecule has 2 N–H and O–H groups in total. The Hall–Kier alpha value is -2.12. The first-order chi connectivity index (χ1) is 13.8. The van der Waals surface area contributed by atoms with Gasteiger partial charge in [0, 0.05) is 39.3 Å². The average molecular weight is 388 g/mol. The van der Waals surface area contributed by atoms with Crippen molar-refractivity contribution >= 4 is 11.9 Å². The monoisotopic (exact) mass is 387 g/mol. The fourth-order valence-corrected chi connectivity index (χ4v) is 3.63. The van der Waals surface area contributed by atoms with Crippen molar-refractivity contribution in [3.63, 3.8) is 0 Å². The maximum Gasteiger partial charge on any atom is 0.244 e. The molecule has 2 aliphatic heterocycles. The van der Waals surface area contributed by atoms with Gasteiger partial charge in [-0.15, -0.1) is 0 Å². The topological polar surface area (TPSA) is 69.2 Å². The Labute approximate surface area is 168 Å². The van der Waals surface area contributed by atoms with Gasteiger partial charge in [-0.3, -0.25) is 9.69 Å². The van der Waals surface area contributed by atoms with Crippen molar-refractivity contribution < 1.29 is 9.53 Å². The number of nitrogens with zero attached hydrogens (tertiary/aromatic N) is 3. The molecule has 0 spiro atoms. The van der Waals surface area contributed by atoms with Gasteiger partial charge in [-0.1, -0.05) is 24.3 Å². The number of carbonyl (C=O) groups excluding carboxylic acids is 1. The number of hydrogen-bond donors (Lipinski definition) is 2. The fourth-order valence-electron chi connectivity index (χ4n) is 3.63. The van der Waals surface area contributed by atoms with E-state index in [4.69, 9.17) is 4.74 Å². The molecule has 1 amide bonds. The van der Waals surface area contributed by atoms with Crippen LogP contribution in [0.1, 0.15) is 24.5 Å². The van der Waals surface area contributed by atoms with E-state index >= 15 is 0 Å². The first kappa shape index (κ1) is 20.6. The van der Waals surface area contributed by atoms with Crippen LogP contribution in [-0.4, -0.2) is 80.7 Å². The van der Waals surface area contributed by atoms with Crippen molar-refractivity contribution in [3.05, 3.63) is 35.4 Å². The lowest BCUT2D eigenvalue weighted by atomic mass is 10.00. The molecule has 0 saturated carbocycles. The summed E-state index contributed by atoms with van der Waals surface area (Å²) in [6.45, 7) is 10.1. The van der Waals surface area contributed by atoms with Crippen LogP contribution in [0.15, 0.2) is 29.3 Å². The maximum absolute atomic E-state index is 12.6. The van der Waals surface area contributed by atoms with E-state index in [1.165, 1.54) is 11.1 Å². The highest BCUT2D eigenvalue weighted by Crippen LogP contribution is 2.18. The number of amides is 1. The van der Waals surface area contributed by atoms with Gasteiger partial charge in [0.15, 0.2) is 5.96 Å². The number of guanidine groups is 1. The Morgan fingerprint density at radius 2 is 1.93 bits per heavy atom. The van der Waals surface area contributed by atoms with Gasteiger partial charge in [0.05, 0.1) is 13.2 Å². The molecule has 1 fully saturated rings. The molecule has 7 nitrogen and oxygen atoms in total. The van der Waals surface area contributed by atoms with Crippen LogP contribution in [0, 0.1) is 0 Å². The largest absolute Gasteiger partial charge is 0.379 e. The predicted molar refractivity (Wildman–Crippen MR) is 111 cm³/mol. The van der Waals surface area contributed by atoms with E-state index < -0.39 is 0 Å². The Bertz CT molecular complexity index is 658. The van der Waals surface area contributed by atoms with Gasteiger partial charge in [-0.05, 0) is 37.4 Å². The van der Waals surface area contributed by atoms with E-state index in [-0.39, 0.29) is 12.5 Å². The summed E-state index contributed by atoms with van der Waals surface area (Å²) in [5, 5.41) is 6.57. The number of fused-ring (bicyclic) bond motifs is 1. The molecule has 1 saturated heterocycles. The van der Waals surface area contributed by atoms with Gasteiger partial charge in [0.1, 0.15) is 6.54 Å².